The van der Waals surface area contributed by atoms with E-state index in [9.17, 15) is 49.5 Å². The molecule has 3 aromatic carbocycles. The summed E-state index contributed by atoms with van der Waals surface area (Å²) in [5, 5.41) is 20.9. The smallest absolute Gasteiger partial charge is 0.351 e. The Kier molecular flexibility index (Phi) is 8.65. The van der Waals surface area contributed by atoms with Crippen LogP contribution in [0.15, 0.2) is 66.1 Å². The van der Waals surface area contributed by atoms with E-state index in [0.29, 0.717) is 13.1 Å². The summed E-state index contributed by atoms with van der Waals surface area (Å²) < 4.78 is 97.9. The first-order valence-corrected chi connectivity index (χ1v) is 17.4. The molecule has 2 heterocycles. The lowest BCUT2D eigenvalue weighted by molar-refractivity contribution is 0.375. The standard InChI is InChI=1S/C24H26N8O11S3/c25-13-4-5-17(45(38,39)40)15(10-13)30-31-20-18(46(41,42)43)9-12-8-14(44(35,36)37)11-16(19(12)21(20)33)26-22-27-23(29-24(34)28-22)32-6-2-1-3-7-32/h4-5,8-11,33,41-43H,1-3,6-7,25H2,(H,35,36,37)(H,38,39,40)(H2,26,27,28,29,34). The van der Waals surface area contributed by atoms with E-state index in [0.717, 1.165) is 55.7 Å². The summed E-state index contributed by atoms with van der Waals surface area (Å²) >= 11 is 0. The van der Waals surface area contributed by atoms with Crippen LogP contribution in [0.1, 0.15) is 19.3 Å². The van der Waals surface area contributed by atoms with Crippen molar-refractivity contribution in [3.8, 4) is 5.75 Å². The van der Waals surface area contributed by atoms with Crippen molar-refractivity contribution >= 4 is 76.5 Å². The Morgan fingerprint density at radius 2 is 1.57 bits per heavy atom. The van der Waals surface area contributed by atoms with Crippen molar-refractivity contribution in [2.45, 2.75) is 33.9 Å². The fourth-order valence-electron chi connectivity index (χ4n) is 4.74. The number of H-pyrrole nitrogens is 1. The second kappa shape index (κ2) is 12.1. The first-order valence-electron chi connectivity index (χ1n) is 13.0. The van der Waals surface area contributed by atoms with Crippen LogP contribution in [-0.2, 0) is 20.2 Å². The average Bonchev–Trinajstić information content (AvgIpc) is 2.95. The molecule has 246 valence electrons. The van der Waals surface area contributed by atoms with Crippen LogP contribution < -0.4 is 21.6 Å². The number of piperidine rings is 1. The predicted octanol–water partition coefficient (Wildman–Crippen LogP) is 3.83. The van der Waals surface area contributed by atoms with E-state index in [-0.39, 0.29) is 34.0 Å². The number of nitrogens with one attached hydrogen (secondary N) is 2. The zero-order valence-electron chi connectivity index (χ0n) is 23.3. The van der Waals surface area contributed by atoms with Crippen molar-refractivity contribution in [1.82, 2.24) is 15.0 Å². The van der Waals surface area contributed by atoms with Crippen molar-refractivity contribution < 1.29 is 44.7 Å². The monoisotopic (exact) mass is 698 g/mol. The number of benzene rings is 3. The van der Waals surface area contributed by atoms with E-state index >= 15 is 0 Å². The van der Waals surface area contributed by atoms with E-state index in [1.54, 1.807) is 4.90 Å². The summed E-state index contributed by atoms with van der Waals surface area (Å²) in [7, 11) is -14.6. The van der Waals surface area contributed by atoms with Gasteiger partial charge in [0.1, 0.15) is 27.1 Å². The van der Waals surface area contributed by atoms with Crippen molar-refractivity contribution in [3.63, 3.8) is 0 Å². The zero-order chi connectivity index (χ0) is 33.6. The minimum absolute atomic E-state index is 0.0113. The number of fused-ring (bicyclic) bond motifs is 1. The summed E-state index contributed by atoms with van der Waals surface area (Å²) in [6.07, 6.45) is 2.64. The van der Waals surface area contributed by atoms with Gasteiger partial charge in [-0.3, -0.25) is 14.1 Å². The summed E-state index contributed by atoms with van der Waals surface area (Å²) in [6, 6.07) is 5.58. The molecule has 0 spiro atoms. The van der Waals surface area contributed by atoms with Gasteiger partial charge in [-0.05, 0) is 61.0 Å². The van der Waals surface area contributed by atoms with Gasteiger partial charge in [-0.1, -0.05) is 0 Å². The molecule has 0 bridgehead atoms. The first-order chi connectivity index (χ1) is 21.4. The maximum Gasteiger partial charge on any atom is 0.351 e. The van der Waals surface area contributed by atoms with E-state index in [4.69, 9.17) is 5.73 Å². The Hall–Kier alpha value is -4.42. The van der Waals surface area contributed by atoms with E-state index in [1.807, 2.05) is 0 Å². The molecule has 5 rings (SSSR count). The predicted molar refractivity (Wildman–Crippen MR) is 166 cm³/mol. The Labute approximate surface area is 261 Å². The summed E-state index contributed by atoms with van der Waals surface area (Å²) in [4.78, 5) is 22.3. The minimum atomic E-state index is -4.93. The Morgan fingerprint density at radius 3 is 2.20 bits per heavy atom. The lowest BCUT2D eigenvalue weighted by Crippen LogP contribution is -2.33. The number of azo groups is 1. The fourth-order valence-corrected chi connectivity index (χ4v) is 6.57. The van der Waals surface area contributed by atoms with Crippen molar-refractivity contribution in [2.24, 2.45) is 10.2 Å². The minimum Gasteiger partial charge on any atom is -0.505 e. The molecule has 0 atom stereocenters. The zero-order valence-corrected chi connectivity index (χ0v) is 25.7. The van der Waals surface area contributed by atoms with Gasteiger partial charge in [0, 0.05) is 24.2 Å². The topological polar surface area (TPSA) is 314 Å². The largest absolute Gasteiger partial charge is 0.505 e. The van der Waals surface area contributed by atoms with Crippen molar-refractivity contribution in [2.75, 3.05) is 29.0 Å². The molecule has 1 aromatic heterocycles. The number of nitrogens with two attached hydrogens (primary N) is 1. The quantitative estimate of drug-likeness (QED) is 0.0717. The number of hydrogen-bond acceptors (Lipinski definition) is 16. The molecule has 1 aliphatic rings. The van der Waals surface area contributed by atoms with Gasteiger partial charge in [0.2, 0.25) is 11.9 Å². The second-order valence-corrected chi connectivity index (χ2v) is 14.3. The van der Waals surface area contributed by atoms with Crippen LogP contribution in [0.3, 0.4) is 0 Å². The van der Waals surface area contributed by atoms with Crippen LogP contribution in [0.4, 0.5) is 34.6 Å². The van der Waals surface area contributed by atoms with Gasteiger partial charge in [0.25, 0.3) is 20.2 Å². The molecule has 4 aromatic rings. The van der Waals surface area contributed by atoms with Gasteiger partial charge in [0.05, 0.1) is 15.5 Å². The van der Waals surface area contributed by atoms with Crippen LogP contribution in [0.25, 0.3) is 10.8 Å². The highest BCUT2D eigenvalue weighted by Crippen LogP contribution is 2.55. The van der Waals surface area contributed by atoms with Gasteiger partial charge in [-0.15, -0.1) is 10.2 Å². The summed E-state index contributed by atoms with van der Waals surface area (Å²) in [6.45, 7) is 1.14. The summed E-state index contributed by atoms with van der Waals surface area (Å²) in [5.41, 5.74) is 3.18. The lowest BCUT2D eigenvalue weighted by Gasteiger charge is -2.26. The molecule has 1 fully saturated rings. The molecule has 10 N–H and O–H groups in total. The number of anilines is 4. The Bertz CT molecular complexity index is 2160. The number of hydrogen-bond donors (Lipinski definition) is 9. The van der Waals surface area contributed by atoms with E-state index < -0.39 is 68.6 Å². The number of rotatable bonds is 8. The number of nitrogens with zero attached hydrogens (tertiary/aromatic N) is 5. The molecule has 0 unspecified atom stereocenters. The molecular weight excluding hydrogens is 673 g/mol. The molecule has 0 radical (unpaired) electrons. The Morgan fingerprint density at radius 1 is 0.870 bits per heavy atom. The van der Waals surface area contributed by atoms with E-state index in [2.05, 4.69) is 30.5 Å². The highest BCUT2D eigenvalue weighted by Gasteiger charge is 2.28. The number of nitrogen functional groups attached to an aromatic ring is 1. The van der Waals surface area contributed by atoms with Crippen molar-refractivity contribution in [3.05, 3.63) is 46.9 Å². The van der Waals surface area contributed by atoms with Gasteiger partial charge >= 0.3 is 5.69 Å². The molecule has 0 amide bonds. The van der Waals surface area contributed by atoms with Crippen LogP contribution in [0, 0.1) is 0 Å². The maximum atomic E-state index is 12.4. The molecule has 1 saturated heterocycles. The lowest BCUT2D eigenvalue weighted by atomic mass is 10.1. The molecular formula is C24H26N8O11S3. The van der Waals surface area contributed by atoms with Crippen LogP contribution in [0.5, 0.6) is 5.75 Å². The fraction of sp³-hybridized carbons (Fsp3) is 0.208. The highest BCUT2D eigenvalue weighted by atomic mass is 32.3. The molecule has 22 heteroatoms. The SMILES string of the molecule is Nc1ccc(S(=O)(=O)O)c(N=Nc2c(S(O)(O)O)cc3cc(S(=O)(=O)O)cc(Nc4nc(N5CCCCC5)nc(=O)[nH]4)c3c2O)c1. The molecule has 19 nitrogen and oxygen atoms in total. The third kappa shape index (κ3) is 7.02. The number of aromatic nitrogens is 3. The van der Waals surface area contributed by atoms with Crippen LogP contribution >= 0.6 is 10.9 Å². The Balaban J connectivity index is 1.75. The van der Waals surface area contributed by atoms with Crippen LogP contribution in [0.2, 0.25) is 0 Å². The number of aromatic amines is 1. The molecule has 46 heavy (non-hydrogen) atoms. The second-order valence-electron chi connectivity index (χ2n) is 10.0. The van der Waals surface area contributed by atoms with E-state index in [1.165, 1.54) is 0 Å². The van der Waals surface area contributed by atoms with Crippen molar-refractivity contribution in [1.29, 1.82) is 0 Å². The normalized spacial score (nSPS) is 15.0. The molecule has 1 aliphatic heterocycles. The average molecular weight is 699 g/mol. The molecule has 0 aliphatic carbocycles. The number of phenols is 1. The first kappa shape index (κ1) is 33.0. The number of aromatic hydroxyl groups is 1. The van der Waals surface area contributed by atoms with Crippen LogP contribution in [-0.4, -0.2) is 72.7 Å². The van der Waals surface area contributed by atoms with Gasteiger partial charge in [0.15, 0.2) is 5.75 Å². The highest BCUT2D eigenvalue weighted by molar-refractivity contribution is 8.19. The maximum absolute atomic E-state index is 12.4. The van der Waals surface area contributed by atoms with Gasteiger partial charge in [-0.2, -0.15) is 26.8 Å². The third-order valence-electron chi connectivity index (χ3n) is 6.77. The third-order valence-corrected chi connectivity index (χ3v) is 9.40. The van der Waals surface area contributed by atoms with Gasteiger partial charge in [-0.25, -0.2) is 4.79 Å². The molecule has 0 saturated carbocycles. The summed E-state index contributed by atoms with van der Waals surface area (Å²) in [5.74, 6) is -1.15. The number of phenolic OH excluding ortho intramolecular Hbond substituents is 1. The van der Waals surface area contributed by atoms with Gasteiger partial charge < -0.3 is 34.7 Å².